The van der Waals surface area contributed by atoms with Gasteiger partial charge in [0, 0.05) is 17.3 Å². The van der Waals surface area contributed by atoms with Gasteiger partial charge in [-0.3, -0.25) is 0 Å². The second-order valence-corrected chi connectivity index (χ2v) is 7.21. The molecule has 1 aliphatic rings. The fraction of sp³-hybridized carbons (Fsp3) is 0.467. The van der Waals surface area contributed by atoms with Gasteiger partial charge in [0.05, 0.1) is 4.90 Å². The van der Waals surface area contributed by atoms with E-state index in [1.807, 2.05) is 0 Å². The average molecular weight is 294 g/mol. The molecule has 2 rings (SSSR count). The summed E-state index contributed by atoms with van der Waals surface area (Å²) in [5.41, 5.74) is 8.67. The van der Waals surface area contributed by atoms with Crippen LogP contribution in [0.1, 0.15) is 45.1 Å². The van der Waals surface area contributed by atoms with Crippen molar-refractivity contribution in [1.29, 1.82) is 0 Å². The fourth-order valence-electron chi connectivity index (χ4n) is 2.44. The molecule has 4 nitrogen and oxygen atoms in total. The predicted octanol–water partition coefficient (Wildman–Crippen LogP) is 2.91. The summed E-state index contributed by atoms with van der Waals surface area (Å²) in [5.74, 6) is 0. The number of sulfonamides is 1. The SMILES string of the molecule is CC(C)NS(=O)(=O)c1ccc(N)c(C2=CCCCC2)c1. The zero-order chi connectivity index (χ0) is 14.8. The zero-order valence-electron chi connectivity index (χ0n) is 12.0. The van der Waals surface area contributed by atoms with Gasteiger partial charge in [-0.25, -0.2) is 13.1 Å². The highest BCUT2D eigenvalue weighted by Gasteiger charge is 2.18. The molecule has 3 N–H and O–H groups in total. The predicted molar refractivity (Wildman–Crippen MR) is 82.8 cm³/mol. The summed E-state index contributed by atoms with van der Waals surface area (Å²) in [7, 11) is -3.47. The molecular weight excluding hydrogens is 272 g/mol. The highest BCUT2D eigenvalue weighted by atomic mass is 32.2. The van der Waals surface area contributed by atoms with Gasteiger partial charge < -0.3 is 5.73 Å². The first-order chi connectivity index (χ1) is 9.40. The van der Waals surface area contributed by atoms with E-state index in [0.29, 0.717) is 5.69 Å². The summed E-state index contributed by atoms with van der Waals surface area (Å²) < 4.78 is 27.0. The Morgan fingerprint density at radius 3 is 2.60 bits per heavy atom. The third-order valence-electron chi connectivity index (χ3n) is 3.36. The van der Waals surface area contributed by atoms with Crippen LogP contribution in [0, 0.1) is 0 Å². The van der Waals surface area contributed by atoms with Gasteiger partial charge in [-0.2, -0.15) is 0 Å². The second-order valence-electron chi connectivity index (χ2n) is 5.50. The van der Waals surface area contributed by atoms with Gasteiger partial charge >= 0.3 is 0 Å². The van der Waals surface area contributed by atoms with Crippen LogP contribution in [0.15, 0.2) is 29.2 Å². The summed E-state index contributed by atoms with van der Waals surface area (Å²) >= 11 is 0. The number of benzene rings is 1. The zero-order valence-corrected chi connectivity index (χ0v) is 12.8. The van der Waals surface area contributed by atoms with Gasteiger partial charge in [-0.15, -0.1) is 0 Å². The molecule has 0 bridgehead atoms. The van der Waals surface area contributed by atoms with Gasteiger partial charge in [0.25, 0.3) is 0 Å². The Morgan fingerprint density at radius 2 is 2.00 bits per heavy atom. The van der Waals surface area contributed by atoms with Crippen LogP contribution in [0.3, 0.4) is 0 Å². The van der Waals surface area contributed by atoms with Crippen molar-refractivity contribution in [3.05, 3.63) is 29.8 Å². The van der Waals surface area contributed by atoms with Crippen molar-refractivity contribution < 1.29 is 8.42 Å². The van der Waals surface area contributed by atoms with Crippen molar-refractivity contribution in [1.82, 2.24) is 4.72 Å². The molecule has 20 heavy (non-hydrogen) atoms. The first kappa shape index (κ1) is 15.1. The van der Waals surface area contributed by atoms with Crippen molar-refractivity contribution in [2.75, 3.05) is 5.73 Å². The van der Waals surface area contributed by atoms with Crippen LogP contribution in [0.4, 0.5) is 5.69 Å². The Balaban J connectivity index is 2.41. The van der Waals surface area contributed by atoms with Crippen LogP contribution in [0.5, 0.6) is 0 Å². The van der Waals surface area contributed by atoms with Crippen LogP contribution in [0.2, 0.25) is 0 Å². The summed E-state index contributed by atoms with van der Waals surface area (Å²) in [6.07, 6.45) is 6.49. The molecule has 0 unspecified atom stereocenters. The first-order valence-electron chi connectivity index (χ1n) is 7.01. The van der Waals surface area contributed by atoms with Gasteiger partial charge in [0.1, 0.15) is 0 Å². The van der Waals surface area contributed by atoms with E-state index >= 15 is 0 Å². The molecule has 0 amide bonds. The molecule has 0 saturated heterocycles. The van der Waals surface area contributed by atoms with E-state index in [9.17, 15) is 8.42 Å². The Morgan fingerprint density at radius 1 is 1.25 bits per heavy atom. The minimum absolute atomic E-state index is 0.130. The smallest absolute Gasteiger partial charge is 0.240 e. The quantitative estimate of drug-likeness (QED) is 0.839. The average Bonchev–Trinajstić information content (AvgIpc) is 2.38. The topological polar surface area (TPSA) is 72.2 Å². The van der Waals surface area contributed by atoms with Crippen LogP contribution in [0.25, 0.3) is 5.57 Å². The summed E-state index contributed by atoms with van der Waals surface area (Å²) in [6.45, 7) is 3.61. The number of rotatable bonds is 4. The molecule has 0 atom stereocenters. The van der Waals surface area contributed by atoms with Gasteiger partial charge in [-0.05, 0) is 63.3 Å². The normalized spacial score (nSPS) is 16.2. The van der Waals surface area contributed by atoms with E-state index in [4.69, 9.17) is 5.73 Å². The van der Waals surface area contributed by atoms with Crippen molar-refractivity contribution in [2.45, 2.75) is 50.5 Å². The van der Waals surface area contributed by atoms with Crippen molar-refractivity contribution in [3.8, 4) is 0 Å². The van der Waals surface area contributed by atoms with Crippen molar-refractivity contribution in [2.24, 2.45) is 0 Å². The highest BCUT2D eigenvalue weighted by Crippen LogP contribution is 2.31. The van der Waals surface area contributed by atoms with Crippen LogP contribution in [-0.4, -0.2) is 14.5 Å². The summed E-state index contributed by atoms with van der Waals surface area (Å²) in [6, 6.07) is 4.80. The van der Waals surface area contributed by atoms with E-state index in [-0.39, 0.29) is 10.9 Å². The maximum Gasteiger partial charge on any atom is 0.240 e. The van der Waals surface area contributed by atoms with Crippen LogP contribution < -0.4 is 10.5 Å². The number of nitrogen functional groups attached to an aromatic ring is 1. The molecule has 0 saturated carbocycles. The summed E-state index contributed by atoms with van der Waals surface area (Å²) in [5, 5.41) is 0. The van der Waals surface area contributed by atoms with E-state index < -0.39 is 10.0 Å². The molecule has 0 aliphatic heterocycles. The first-order valence-corrected chi connectivity index (χ1v) is 8.50. The lowest BCUT2D eigenvalue weighted by atomic mass is 9.93. The van der Waals surface area contributed by atoms with E-state index in [2.05, 4.69) is 10.8 Å². The standard InChI is InChI=1S/C15H22N2O2S/c1-11(2)17-20(18,19)13-8-9-15(16)14(10-13)12-6-4-3-5-7-12/h6,8-11,17H,3-5,7,16H2,1-2H3. The number of anilines is 1. The maximum atomic E-state index is 12.2. The maximum absolute atomic E-state index is 12.2. The number of hydrogen-bond donors (Lipinski definition) is 2. The Labute approximate surface area is 121 Å². The van der Waals surface area contributed by atoms with Gasteiger partial charge in [0.15, 0.2) is 0 Å². The lowest BCUT2D eigenvalue weighted by Crippen LogP contribution is -2.30. The lowest BCUT2D eigenvalue weighted by molar-refractivity contribution is 0.570. The fourth-order valence-corrected chi connectivity index (χ4v) is 3.72. The third-order valence-corrected chi connectivity index (χ3v) is 5.02. The van der Waals surface area contributed by atoms with E-state index in [0.717, 1.165) is 30.4 Å². The molecule has 0 heterocycles. The molecule has 0 fully saturated rings. The van der Waals surface area contributed by atoms with Gasteiger partial charge in [0.2, 0.25) is 10.0 Å². The summed E-state index contributed by atoms with van der Waals surface area (Å²) in [4.78, 5) is 0.280. The minimum Gasteiger partial charge on any atom is -0.398 e. The number of allylic oxidation sites excluding steroid dienone is 2. The number of nitrogens with one attached hydrogen (secondary N) is 1. The molecule has 5 heteroatoms. The molecule has 0 radical (unpaired) electrons. The van der Waals surface area contributed by atoms with Gasteiger partial charge in [-0.1, -0.05) is 6.08 Å². The van der Waals surface area contributed by atoms with E-state index in [1.165, 1.54) is 6.42 Å². The third kappa shape index (κ3) is 3.41. The molecule has 1 aromatic carbocycles. The lowest BCUT2D eigenvalue weighted by Gasteiger charge is -2.16. The molecule has 110 valence electrons. The Bertz CT molecular complexity index is 619. The van der Waals surface area contributed by atoms with Crippen LogP contribution >= 0.6 is 0 Å². The monoisotopic (exact) mass is 294 g/mol. The second kappa shape index (κ2) is 5.97. The number of nitrogens with two attached hydrogens (primary N) is 1. The highest BCUT2D eigenvalue weighted by molar-refractivity contribution is 7.89. The van der Waals surface area contributed by atoms with Crippen LogP contribution in [-0.2, 0) is 10.0 Å². The van der Waals surface area contributed by atoms with E-state index in [1.54, 1.807) is 32.0 Å². The molecule has 0 aromatic heterocycles. The molecular formula is C15H22N2O2S. The molecule has 1 aromatic rings. The minimum atomic E-state index is -3.47. The molecule has 0 spiro atoms. The Hall–Kier alpha value is -1.33. The van der Waals surface area contributed by atoms with Crippen molar-refractivity contribution in [3.63, 3.8) is 0 Å². The Kier molecular flexibility index (Phi) is 4.50. The van der Waals surface area contributed by atoms with Crippen molar-refractivity contribution >= 4 is 21.3 Å². The molecule has 1 aliphatic carbocycles. The number of hydrogen-bond acceptors (Lipinski definition) is 3. The largest absolute Gasteiger partial charge is 0.398 e.